The number of fused-ring (bicyclic) bond motifs is 1. The second-order valence-electron chi connectivity index (χ2n) is 2.87. The van der Waals surface area contributed by atoms with E-state index in [9.17, 15) is 0 Å². The van der Waals surface area contributed by atoms with Crippen LogP contribution in [-0.4, -0.2) is 12.8 Å². The maximum Gasteiger partial charge on any atom is 0.0419 e. The van der Waals surface area contributed by atoms with E-state index in [0.29, 0.717) is 0 Å². The summed E-state index contributed by atoms with van der Waals surface area (Å²) in [6, 6.07) is 0. The third kappa shape index (κ3) is 0.504. The van der Waals surface area contributed by atoms with Gasteiger partial charge in [-0.15, -0.1) is 0 Å². The highest BCUT2D eigenvalue weighted by Crippen LogP contribution is 2.33. The van der Waals surface area contributed by atoms with Crippen LogP contribution in [0.15, 0.2) is 4.99 Å². The third-order valence-electron chi connectivity index (χ3n) is 2.35. The second-order valence-corrected chi connectivity index (χ2v) is 2.87. The van der Waals surface area contributed by atoms with Crippen LogP contribution >= 0.6 is 0 Å². The van der Waals surface area contributed by atoms with Crippen molar-refractivity contribution >= 4 is 6.21 Å². The number of hydrogen-bond acceptors (Lipinski definition) is 1. The molecule has 0 unspecified atom stereocenters. The Morgan fingerprint density at radius 2 is 2.38 bits per heavy atom. The molecule has 44 valence electrons. The van der Waals surface area contributed by atoms with Crippen LogP contribution in [0.25, 0.3) is 0 Å². The molecule has 0 aromatic heterocycles. The average molecular weight is 109 g/mol. The molecule has 2 aliphatic rings. The topological polar surface area (TPSA) is 12.4 Å². The lowest BCUT2D eigenvalue weighted by atomic mass is 10.0. The van der Waals surface area contributed by atoms with Gasteiger partial charge < -0.3 is 0 Å². The second kappa shape index (κ2) is 1.57. The van der Waals surface area contributed by atoms with E-state index in [1.807, 2.05) is 0 Å². The van der Waals surface area contributed by atoms with Crippen molar-refractivity contribution < 1.29 is 0 Å². The maximum atomic E-state index is 4.24. The van der Waals surface area contributed by atoms with Gasteiger partial charge in [0.05, 0.1) is 0 Å². The first-order valence-corrected chi connectivity index (χ1v) is 3.47. The maximum absolute atomic E-state index is 4.24. The molecule has 0 N–H and O–H groups in total. The fourth-order valence-electron chi connectivity index (χ4n) is 1.82. The molecule has 1 aliphatic carbocycles. The van der Waals surface area contributed by atoms with Gasteiger partial charge in [0.1, 0.15) is 0 Å². The molecule has 0 radical (unpaired) electrons. The summed E-state index contributed by atoms with van der Waals surface area (Å²) in [5, 5.41) is 0. The van der Waals surface area contributed by atoms with Crippen molar-refractivity contribution in [3.63, 3.8) is 0 Å². The molecule has 2 atom stereocenters. The number of hydrogen-bond donors (Lipinski definition) is 0. The first kappa shape index (κ1) is 4.54. The molecular formula is C7H11N. The van der Waals surface area contributed by atoms with Gasteiger partial charge in [-0.05, 0) is 24.7 Å². The Bertz CT molecular complexity index is 118. The zero-order chi connectivity index (χ0) is 5.40. The molecule has 1 heteroatoms. The normalized spacial score (nSPS) is 43.0. The Morgan fingerprint density at radius 3 is 3.25 bits per heavy atom. The molecule has 1 heterocycles. The molecule has 0 bridgehead atoms. The van der Waals surface area contributed by atoms with E-state index < -0.39 is 0 Å². The number of nitrogens with zero attached hydrogens (tertiary/aromatic N) is 1. The minimum absolute atomic E-state index is 0.884. The van der Waals surface area contributed by atoms with Gasteiger partial charge in [0.2, 0.25) is 0 Å². The minimum atomic E-state index is 0.884. The molecule has 8 heavy (non-hydrogen) atoms. The summed E-state index contributed by atoms with van der Waals surface area (Å²) in [4.78, 5) is 4.24. The average Bonchev–Trinajstić information content (AvgIpc) is 2.15. The molecular weight excluding hydrogens is 98.1 g/mol. The van der Waals surface area contributed by atoms with Crippen LogP contribution in [0.1, 0.15) is 19.3 Å². The Labute approximate surface area is 49.8 Å². The molecule has 1 nitrogen and oxygen atoms in total. The van der Waals surface area contributed by atoms with Crippen LogP contribution < -0.4 is 0 Å². The summed E-state index contributed by atoms with van der Waals surface area (Å²) in [5.41, 5.74) is 0. The highest BCUT2D eigenvalue weighted by atomic mass is 14.8. The van der Waals surface area contributed by atoms with E-state index in [1.54, 1.807) is 0 Å². The van der Waals surface area contributed by atoms with Gasteiger partial charge in [0, 0.05) is 12.8 Å². The predicted molar refractivity (Wildman–Crippen MR) is 34.2 cm³/mol. The molecule has 0 aromatic rings. The predicted octanol–water partition coefficient (Wildman–Crippen LogP) is 1.49. The third-order valence-corrected chi connectivity index (χ3v) is 2.35. The summed E-state index contributed by atoms with van der Waals surface area (Å²) >= 11 is 0. The molecule has 2 rings (SSSR count). The van der Waals surface area contributed by atoms with Crippen molar-refractivity contribution in [1.29, 1.82) is 0 Å². The van der Waals surface area contributed by atoms with Crippen molar-refractivity contribution in [3.05, 3.63) is 0 Å². The van der Waals surface area contributed by atoms with E-state index in [0.717, 1.165) is 18.4 Å². The SMILES string of the molecule is C1=NC[C@H]2CCC[C@@H]12. The van der Waals surface area contributed by atoms with Gasteiger partial charge >= 0.3 is 0 Å². The van der Waals surface area contributed by atoms with Gasteiger partial charge in [-0.2, -0.15) is 0 Å². The summed E-state index contributed by atoms with van der Waals surface area (Å²) in [7, 11) is 0. The summed E-state index contributed by atoms with van der Waals surface area (Å²) in [6.07, 6.45) is 6.46. The highest BCUT2D eigenvalue weighted by molar-refractivity contribution is 5.63. The van der Waals surface area contributed by atoms with Crippen molar-refractivity contribution in [1.82, 2.24) is 0 Å². The first-order valence-electron chi connectivity index (χ1n) is 3.47. The van der Waals surface area contributed by atoms with Crippen molar-refractivity contribution in [3.8, 4) is 0 Å². The van der Waals surface area contributed by atoms with Crippen LogP contribution in [0.2, 0.25) is 0 Å². The Morgan fingerprint density at radius 1 is 1.38 bits per heavy atom. The quantitative estimate of drug-likeness (QED) is 0.447. The van der Waals surface area contributed by atoms with E-state index in [4.69, 9.17) is 0 Å². The molecule has 1 aliphatic heterocycles. The lowest BCUT2D eigenvalue weighted by molar-refractivity contribution is 0.534. The molecule has 0 aromatic carbocycles. The van der Waals surface area contributed by atoms with Crippen LogP contribution in [0.4, 0.5) is 0 Å². The highest BCUT2D eigenvalue weighted by Gasteiger charge is 2.28. The van der Waals surface area contributed by atoms with Crippen LogP contribution in [0.3, 0.4) is 0 Å². The fraction of sp³-hybridized carbons (Fsp3) is 0.857. The van der Waals surface area contributed by atoms with Crippen LogP contribution in [0.5, 0.6) is 0 Å². The van der Waals surface area contributed by atoms with Gasteiger partial charge in [0.25, 0.3) is 0 Å². The zero-order valence-electron chi connectivity index (χ0n) is 5.01. The molecule has 0 spiro atoms. The Kier molecular flexibility index (Phi) is 0.893. The molecule has 0 saturated heterocycles. The lowest BCUT2D eigenvalue weighted by Crippen LogP contribution is -2.03. The Hall–Kier alpha value is -0.330. The number of rotatable bonds is 0. The van der Waals surface area contributed by atoms with Crippen molar-refractivity contribution in [2.24, 2.45) is 16.8 Å². The monoisotopic (exact) mass is 109 g/mol. The standard InChI is InChI=1S/C7H11N/c1-2-6-4-8-5-7(6)3-1/h4,6-7H,1-3,5H2/t6-,7+/m0/s1. The van der Waals surface area contributed by atoms with Crippen LogP contribution in [0, 0.1) is 11.8 Å². The van der Waals surface area contributed by atoms with Crippen LogP contribution in [-0.2, 0) is 0 Å². The van der Waals surface area contributed by atoms with E-state index in [2.05, 4.69) is 11.2 Å². The summed E-state index contributed by atoms with van der Waals surface area (Å²) in [6.45, 7) is 1.13. The zero-order valence-corrected chi connectivity index (χ0v) is 5.01. The van der Waals surface area contributed by atoms with Gasteiger partial charge in [-0.25, -0.2) is 0 Å². The lowest BCUT2D eigenvalue weighted by Gasteiger charge is -2.02. The number of aliphatic imine (C=N–C) groups is 1. The van der Waals surface area contributed by atoms with Gasteiger partial charge in [0.15, 0.2) is 0 Å². The van der Waals surface area contributed by atoms with Gasteiger partial charge in [-0.3, -0.25) is 4.99 Å². The van der Waals surface area contributed by atoms with E-state index >= 15 is 0 Å². The molecule has 1 saturated carbocycles. The smallest absolute Gasteiger partial charge is 0.0419 e. The molecule has 1 fully saturated rings. The largest absolute Gasteiger partial charge is 0.297 e. The first-order chi connectivity index (χ1) is 3.97. The van der Waals surface area contributed by atoms with Crippen molar-refractivity contribution in [2.75, 3.05) is 6.54 Å². The summed E-state index contributed by atoms with van der Waals surface area (Å²) < 4.78 is 0. The van der Waals surface area contributed by atoms with E-state index in [1.165, 1.54) is 19.3 Å². The minimum Gasteiger partial charge on any atom is -0.297 e. The van der Waals surface area contributed by atoms with Gasteiger partial charge in [-0.1, -0.05) is 6.42 Å². The Balaban J connectivity index is 2.13. The molecule has 0 amide bonds. The van der Waals surface area contributed by atoms with E-state index in [-0.39, 0.29) is 0 Å². The fourth-order valence-corrected chi connectivity index (χ4v) is 1.82. The summed E-state index contributed by atoms with van der Waals surface area (Å²) in [5.74, 6) is 1.84. The van der Waals surface area contributed by atoms with Crippen molar-refractivity contribution in [2.45, 2.75) is 19.3 Å².